The molecular weight excluding hydrogens is 301 g/mol. The Balaban J connectivity index is 2.44. The van der Waals surface area contributed by atoms with Gasteiger partial charge in [-0.15, -0.1) is 0 Å². The third kappa shape index (κ3) is 3.48. The summed E-state index contributed by atoms with van der Waals surface area (Å²) in [6.45, 7) is -0.0998. The third-order valence-electron chi connectivity index (χ3n) is 2.77. The highest BCUT2D eigenvalue weighted by Crippen LogP contribution is 2.36. The molecule has 0 heterocycles. The van der Waals surface area contributed by atoms with Crippen molar-refractivity contribution in [2.45, 2.75) is 6.42 Å². The summed E-state index contributed by atoms with van der Waals surface area (Å²) < 4.78 is 18.9. The molecule has 0 amide bonds. The maximum atomic E-state index is 13.5. The number of nitrogens with zero attached hydrogens (tertiary/aromatic N) is 1. The molecule has 0 fully saturated rings. The molecule has 0 bridgehead atoms. The summed E-state index contributed by atoms with van der Waals surface area (Å²) in [5.41, 5.74) is 0.227. The van der Waals surface area contributed by atoms with Crippen molar-refractivity contribution in [1.29, 1.82) is 0 Å². The Hall–Kier alpha value is -2.18. The van der Waals surface area contributed by atoms with E-state index in [4.69, 9.17) is 21.4 Å². The largest absolute Gasteiger partial charge is 0.450 e. The minimum atomic E-state index is -0.808. The zero-order chi connectivity index (χ0) is 15.4. The summed E-state index contributed by atoms with van der Waals surface area (Å²) in [5.74, 6) is -0.736. The van der Waals surface area contributed by atoms with Crippen LogP contribution in [-0.2, 0) is 6.42 Å². The first kappa shape index (κ1) is 15.2. The highest BCUT2D eigenvalue weighted by Gasteiger charge is 2.20. The van der Waals surface area contributed by atoms with Crippen molar-refractivity contribution in [2.75, 3.05) is 6.61 Å². The van der Waals surface area contributed by atoms with Gasteiger partial charge in [0.15, 0.2) is 0 Å². The van der Waals surface area contributed by atoms with Crippen LogP contribution in [0.5, 0.6) is 11.5 Å². The molecule has 0 saturated carbocycles. The maximum Gasteiger partial charge on any atom is 0.313 e. The van der Waals surface area contributed by atoms with E-state index in [0.717, 1.165) is 12.1 Å². The van der Waals surface area contributed by atoms with Crippen LogP contribution in [0.3, 0.4) is 0 Å². The average molecular weight is 312 g/mol. The van der Waals surface area contributed by atoms with E-state index in [1.165, 1.54) is 0 Å². The van der Waals surface area contributed by atoms with Gasteiger partial charge in [-0.05, 0) is 18.1 Å². The molecule has 0 saturated heterocycles. The Morgan fingerprint density at radius 1 is 1.29 bits per heavy atom. The monoisotopic (exact) mass is 311 g/mol. The molecule has 110 valence electrons. The molecule has 0 aliphatic heterocycles. The Bertz CT molecular complexity index is 678. The topological polar surface area (TPSA) is 72.6 Å². The fraction of sp³-hybridized carbons (Fsp3) is 0.143. The smallest absolute Gasteiger partial charge is 0.313 e. The summed E-state index contributed by atoms with van der Waals surface area (Å²) >= 11 is 5.55. The second kappa shape index (κ2) is 6.51. The van der Waals surface area contributed by atoms with Crippen LogP contribution < -0.4 is 4.74 Å². The van der Waals surface area contributed by atoms with Crippen molar-refractivity contribution in [3.05, 3.63) is 62.9 Å². The molecule has 0 aromatic heterocycles. The number of rotatable bonds is 5. The zero-order valence-corrected chi connectivity index (χ0v) is 11.5. The number of hydrogen-bond acceptors (Lipinski definition) is 4. The number of aliphatic hydroxyl groups is 1. The number of halogens is 2. The second-order valence-electron chi connectivity index (χ2n) is 4.17. The van der Waals surface area contributed by atoms with Crippen LogP contribution in [0.2, 0.25) is 5.02 Å². The predicted molar refractivity (Wildman–Crippen MR) is 75.4 cm³/mol. The molecule has 0 aliphatic carbocycles. The summed E-state index contributed by atoms with van der Waals surface area (Å²) in [4.78, 5) is 10.3. The van der Waals surface area contributed by atoms with Gasteiger partial charge < -0.3 is 9.84 Å². The summed E-state index contributed by atoms with van der Waals surface area (Å²) in [6.07, 6.45) is 0.319. The number of nitro groups is 1. The molecule has 21 heavy (non-hydrogen) atoms. The van der Waals surface area contributed by atoms with Crippen LogP contribution >= 0.6 is 11.6 Å². The molecule has 2 rings (SSSR count). The van der Waals surface area contributed by atoms with Crippen LogP contribution in [-0.4, -0.2) is 16.6 Å². The summed E-state index contributed by atoms with van der Waals surface area (Å²) in [7, 11) is 0. The minimum Gasteiger partial charge on any atom is -0.450 e. The van der Waals surface area contributed by atoms with Gasteiger partial charge in [-0.3, -0.25) is 10.1 Å². The fourth-order valence-corrected chi connectivity index (χ4v) is 1.95. The third-order valence-corrected chi connectivity index (χ3v) is 3.06. The lowest BCUT2D eigenvalue weighted by molar-refractivity contribution is -0.385. The lowest BCUT2D eigenvalue weighted by Gasteiger charge is -2.11. The first-order valence-corrected chi connectivity index (χ1v) is 6.40. The van der Waals surface area contributed by atoms with E-state index in [1.807, 2.05) is 0 Å². The van der Waals surface area contributed by atoms with Gasteiger partial charge in [-0.2, -0.15) is 0 Å². The van der Waals surface area contributed by atoms with Crippen LogP contribution in [0.15, 0.2) is 36.4 Å². The SMILES string of the molecule is O=[N+]([O-])c1cc(Cl)c(F)cc1Oc1ccccc1CCO. The molecule has 0 radical (unpaired) electrons. The van der Waals surface area contributed by atoms with E-state index in [9.17, 15) is 14.5 Å². The number of nitro benzene ring substituents is 1. The lowest BCUT2D eigenvalue weighted by Crippen LogP contribution is -1.98. The highest BCUT2D eigenvalue weighted by atomic mass is 35.5. The van der Waals surface area contributed by atoms with Gasteiger partial charge in [-0.25, -0.2) is 4.39 Å². The van der Waals surface area contributed by atoms with Crippen LogP contribution in [0.25, 0.3) is 0 Å². The van der Waals surface area contributed by atoms with E-state index in [1.54, 1.807) is 24.3 Å². The molecule has 0 spiro atoms. The average Bonchev–Trinajstić information content (AvgIpc) is 2.44. The molecule has 2 aromatic rings. The Labute approximate surface area is 124 Å². The molecule has 2 aromatic carbocycles. The van der Waals surface area contributed by atoms with E-state index in [-0.39, 0.29) is 17.4 Å². The molecule has 0 unspecified atom stereocenters. The van der Waals surface area contributed by atoms with Gasteiger partial charge in [-0.1, -0.05) is 29.8 Å². The fourth-order valence-electron chi connectivity index (χ4n) is 1.79. The second-order valence-corrected chi connectivity index (χ2v) is 4.58. The molecular formula is C14H11ClFNO4. The van der Waals surface area contributed by atoms with Crippen molar-refractivity contribution in [3.8, 4) is 11.5 Å². The van der Waals surface area contributed by atoms with E-state index in [2.05, 4.69) is 0 Å². The van der Waals surface area contributed by atoms with Crippen LogP contribution in [0.4, 0.5) is 10.1 Å². The van der Waals surface area contributed by atoms with Crippen LogP contribution in [0, 0.1) is 15.9 Å². The van der Waals surface area contributed by atoms with E-state index >= 15 is 0 Å². The number of ether oxygens (including phenoxy) is 1. The summed E-state index contributed by atoms with van der Waals surface area (Å²) in [6, 6.07) is 8.49. The highest BCUT2D eigenvalue weighted by molar-refractivity contribution is 6.31. The zero-order valence-electron chi connectivity index (χ0n) is 10.8. The van der Waals surface area contributed by atoms with E-state index in [0.29, 0.717) is 17.7 Å². The van der Waals surface area contributed by atoms with Crippen molar-refractivity contribution < 1.29 is 19.2 Å². The van der Waals surface area contributed by atoms with Crippen molar-refractivity contribution in [2.24, 2.45) is 0 Å². The van der Waals surface area contributed by atoms with Gasteiger partial charge in [0, 0.05) is 18.7 Å². The first-order chi connectivity index (χ1) is 10.0. The van der Waals surface area contributed by atoms with Gasteiger partial charge in [0.1, 0.15) is 11.6 Å². The Morgan fingerprint density at radius 3 is 2.67 bits per heavy atom. The number of aliphatic hydroxyl groups excluding tert-OH is 1. The van der Waals surface area contributed by atoms with E-state index < -0.39 is 16.4 Å². The summed E-state index contributed by atoms with van der Waals surface area (Å²) in [5, 5.41) is 19.6. The number of benzene rings is 2. The molecule has 1 N–H and O–H groups in total. The Kier molecular flexibility index (Phi) is 4.72. The number of hydrogen-bond donors (Lipinski definition) is 1. The van der Waals surface area contributed by atoms with Crippen molar-refractivity contribution in [3.63, 3.8) is 0 Å². The lowest BCUT2D eigenvalue weighted by atomic mass is 10.1. The van der Waals surface area contributed by atoms with Gasteiger partial charge in [0.05, 0.1) is 9.95 Å². The van der Waals surface area contributed by atoms with Gasteiger partial charge in [0.25, 0.3) is 0 Å². The number of para-hydroxylation sites is 1. The molecule has 7 heteroatoms. The first-order valence-electron chi connectivity index (χ1n) is 6.03. The Morgan fingerprint density at radius 2 is 2.00 bits per heavy atom. The molecule has 5 nitrogen and oxygen atoms in total. The minimum absolute atomic E-state index is 0.0998. The standard InChI is InChI=1S/C14H11ClFNO4/c15-10-7-12(17(19)20)14(8-11(10)16)21-13-4-2-1-3-9(13)5-6-18/h1-4,7-8,18H,5-6H2. The molecule has 0 atom stereocenters. The molecule has 0 aliphatic rings. The van der Waals surface area contributed by atoms with Gasteiger partial charge >= 0.3 is 5.69 Å². The normalized spacial score (nSPS) is 10.4. The van der Waals surface area contributed by atoms with Crippen molar-refractivity contribution in [1.82, 2.24) is 0 Å². The predicted octanol–water partition coefficient (Wildman–Crippen LogP) is 3.71. The quantitative estimate of drug-likeness (QED) is 0.674. The van der Waals surface area contributed by atoms with Crippen LogP contribution in [0.1, 0.15) is 5.56 Å². The van der Waals surface area contributed by atoms with Crippen molar-refractivity contribution >= 4 is 17.3 Å². The van der Waals surface area contributed by atoms with Gasteiger partial charge in [0.2, 0.25) is 5.75 Å². The maximum absolute atomic E-state index is 13.5.